The Morgan fingerprint density at radius 3 is 2.76 bits per heavy atom. The number of carbonyl (C=O) groups is 1. The Kier molecular flexibility index (Phi) is 11.5. The number of hydrogen-bond donors (Lipinski definition) is 2. The number of hydrogen-bond acceptors (Lipinski definition) is 4. The van der Waals surface area contributed by atoms with Gasteiger partial charge in [0.25, 0.3) is 0 Å². The molecule has 1 heterocycles. The second-order valence-corrected chi connectivity index (χ2v) is 7.83. The van der Waals surface area contributed by atoms with E-state index in [2.05, 4.69) is 33.8 Å². The minimum atomic E-state index is 0. The highest BCUT2D eigenvalue weighted by Crippen LogP contribution is 2.28. The molecule has 2 N–H and O–H groups in total. The van der Waals surface area contributed by atoms with Crippen molar-refractivity contribution in [1.29, 1.82) is 0 Å². The van der Waals surface area contributed by atoms with E-state index in [0.717, 1.165) is 42.0 Å². The van der Waals surface area contributed by atoms with Gasteiger partial charge in [-0.3, -0.25) is 9.79 Å². The molecule has 7 nitrogen and oxygen atoms in total. The maximum atomic E-state index is 12.6. The summed E-state index contributed by atoms with van der Waals surface area (Å²) in [5, 5.41) is 6.62. The number of guanidine groups is 1. The number of aryl methyl sites for hydroxylation is 1. The minimum absolute atomic E-state index is 0. The van der Waals surface area contributed by atoms with E-state index >= 15 is 0 Å². The molecule has 33 heavy (non-hydrogen) atoms. The van der Waals surface area contributed by atoms with Crippen LogP contribution in [0.2, 0.25) is 0 Å². The molecule has 3 rings (SSSR count). The molecule has 0 saturated heterocycles. The minimum Gasteiger partial charge on any atom is -0.491 e. The zero-order chi connectivity index (χ0) is 22.8. The number of nitrogens with zero attached hydrogens (tertiary/aromatic N) is 2. The first-order valence-electron chi connectivity index (χ1n) is 11.2. The number of benzene rings is 2. The third-order valence-corrected chi connectivity index (χ3v) is 5.49. The van der Waals surface area contributed by atoms with Crippen LogP contribution < -0.4 is 20.3 Å². The highest BCUT2D eigenvalue weighted by molar-refractivity contribution is 14.0. The van der Waals surface area contributed by atoms with Gasteiger partial charge in [0.05, 0.1) is 6.61 Å². The van der Waals surface area contributed by atoms with Crippen LogP contribution in [0.3, 0.4) is 0 Å². The van der Waals surface area contributed by atoms with Crippen LogP contribution >= 0.6 is 24.0 Å². The van der Waals surface area contributed by atoms with Gasteiger partial charge < -0.3 is 25.0 Å². The van der Waals surface area contributed by atoms with Crippen LogP contribution in [0.4, 0.5) is 5.69 Å². The number of para-hydroxylation sites is 1. The Bertz CT molecular complexity index is 936. The van der Waals surface area contributed by atoms with Crippen LogP contribution in [0.15, 0.2) is 47.5 Å². The third kappa shape index (κ3) is 7.89. The van der Waals surface area contributed by atoms with Crippen molar-refractivity contribution in [2.45, 2.75) is 32.7 Å². The van der Waals surface area contributed by atoms with Gasteiger partial charge in [-0.05, 0) is 43.0 Å². The lowest BCUT2D eigenvalue weighted by Gasteiger charge is -2.18. The summed E-state index contributed by atoms with van der Waals surface area (Å²) in [6.07, 6.45) is 2.19. The maximum absolute atomic E-state index is 12.6. The number of amides is 1. The first-order chi connectivity index (χ1) is 15.6. The van der Waals surface area contributed by atoms with Crippen LogP contribution in [0.25, 0.3) is 0 Å². The lowest BCUT2D eigenvalue weighted by atomic mass is 10.1. The van der Waals surface area contributed by atoms with Crippen molar-refractivity contribution in [1.82, 2.24) is 10.6 Å². The van der Waals surface area contributed by atoms with Gasteiger partial charge in [-0.15, -0.1) is 24.0 Å². The molecule has 0 atom stereocenters. The number of nitrogens with one attached hydrogen (secondary N) is 2. The normalized spacial score (nSPS) is 12.7. The Morgan fingerprint density at radius 2 is 1.97 bits per heavy atom. The summed E-state index contributed by atoms with van der Waals surface area (Å²) in [7, 11) is 3.40. The van der Waals surface area contributed by atoms with Crippen molar-refractivity contribution in [3.8, 4) is 5.75 Å². The Labute approximate surface area is 214 Å². The van der Waals surface area contributed by atoms with Crippen molar-refractivity contribution in [2.24, 2.45) is 4.99 Å². The van der Waals surface area contributed by atoms with E-state index in [0.29, 0.717) is 38.7 Å². The van der Waals surface area contributed by atoms with E-state index in [-0.39, 0.29) is 29.9 Å². The number of fused-ring (bicyclic) bond motifs is 1. The predicted octanol–water partition coefficient (Wildman–Crippen LogP) is 3.67. The van der Waals surface area contributed by atoms with Crippen LogP contribution in [-0.2, 0) is 22.5 Å². The van der Waals surface area contributed by atoms with E-state index in [4.69, 9.17) is 9.47 Å². The summed E-state index contributed by atoms with van der Waals surface area (Å²) in [6.45, 7) is 5.14. The summed E-state index contributed by atoms with van der Waals surface area (Å²) >= 11 is 0. The average molecular weight is 566 g/mol. The number of methoxy groups -OCH3 is 1. The molecule has 1 amide bonds. The largest absolute Gasteiger partial charge is 0.491 e. The number of aliphatic imine (C=N–C) groups is 1. The summed E-state index contributed by atoms with van der Waals surface area (Å²) in [5.41, 5.74) is 4.52. The van der Waals surface area contributed by atoms with Crippen molar-refractivity contribution < 1.29 is 14.3 Å². The van der Waals surface area contributed by atoms with Gasteiger partial charge in [0.15, 0.2) is 5.96 Å². The number of anilines is 1. The maximum Gasteiger partial charge on any atom is 0.227 e. The molecule has 180 valence electrons. The van der Waals surface area contributed by atoms with Crippen molar-refractivity contribution in [3.63, 3.8) is 0 Å². The third-order valence-electron chi connectivity index (χ3n) is 5.49. The van der Waals surface area contributed by atoms with Gasteiger partial charge >= 0.3 is 0 Å². The topological polar surface area (TPSA) is 75.2 Å². The second-order valence-electron chi connectivity index (χ2n) is 7.83. The fourth-order valence-corrected chi connectivity index (χ4v) is 3.76. The smallest absolute Gasteiger partial charge is 0.227 e. The molecule has 0 unspecified atom stereocenters. The van der Waals surface area contributed by atoms with E-state index in [1.165, 1.54) is 5.56 Å². The first kappa shape index (κ1) is 26.9. The molecular formula is C25H35IN4O3. The van der Waals surface area contributed by atoms with Crippen LogP contribution in [-0.4, -0.2) is 52.3 Å². The van der Waals surface area contributed by atoms with Crippen LogP contribution in [0, 0.1) is 6.92 Å². The molecule has 1 aliphatic rings. The fraction of sp³-hybridized carbons (Fsp3) is 0.440. The molecule has 0 aliphatic carbocycles. The average Bonchev–Trinajstić information content (AvgIpc) is 3.24. The molecular weight excluding hydrogens is 531 g/mol. The monoisotopic (exact) mass is 566 g/mol. The van der Waals surface area contributed by atoms with Gasteiger partial charge in [-0.2, -0.15) is 0 Å². The molecule has 0 bridgehead atoms. The summed E-state index contributed by atoms with van der Waals surface area (Å²) in [4.78, 5) is 18.8. The molecule has 2 aromatic rings. The SMILES string of the molecule is CN=C(NCCCC(=O)N1CCc2ccccc21)NCc1ccc(C)cc1OCCOC.I. The van der Waals surface area contributed by atoms with Gasteiger partial charge in [-0.25, -0.2) is 0 Å². The highest BCUT2D eigenvalue weighted by atomic mass is 127. The quantitative estimate of drug-likeness (QED) is 0.199. The van der Waals surface area contributed by atoms with E-state index in [1.807, 2.05) is 36.1 Å². The molecule has 2 aromatic carbocycles. The lowest BCUT2D eigenvalue weighted by molar-refractivity contribution is -0.118. The Balaban J connectivity index is 0.00000385. The standard InChI is InChI=1S/C25H34N4O3.HI/c1-19-10-11-21(23(17-19)32-16-15-31-3)18-28-25(26-2)27-13-6-9-24(30)29-14-12-20-7-4-5-8-22(20)29;/h4-5,7-8,10-11,17H,6,9,12-16,18H2,1-3H3,(H2,26,27,28);1H. The lowest BCUT2D eigenvalue weighted by Crippen LogP contribution is -2.38. The summed E-state index contributed by atoms with van der Waals surface area (Å²) in [6, 6.07) is 14.3. The Morgan fingerprint density at radius 1 is 1.15 bits per heavy atom. The van der Waals surface area contributed by atoms with Crippen LogP contribution in [0.5, 0.6) is 5.75 Å². The Hall–Kier alpha value is -2.33. The molecule has 1 aliphatic heterocycles. The predicted molar refractivity (Wildman–Crippen MR) is 144 cm³/mol. The van der Waals surface area contributed by atoms with E-state index in [9.17, 15) is 4.79 Å². The van der Waals surface area contributed by atoms with Gasteiger partial charge in [0.2, 0.25) is 5.91 Å². The highest BCUT2D eigenvalue weighted by Gasteiger charge is 2.23. The summed E-state index contributed by atoms with van der Waals surface area (Å²) in [5.74, 6) is 1.73. The second kappa shape index (κ2) is 14.0. The zero-order valence-corrected chi connectivity index (χ0v) is 22.1. The van der Waals surface area contributed by atoms with Crippen LogP contribution in [0.1, 0.15) is 29.5 Å². The molecule has 0 spiro atoms. The fourth-order valence-electron chi connectivity index (χ4n) is 3.76. The zero-order valence-electron chi connectivity index (χ0n) is 19.7. The molecule has 0 saturated carbocycles. The van der Waals surface area contributed by atoms with E-state index in [1.54, 1.807) is 14.2 Å². The van der Waals surface area contributed by atoms with E-state index < -0.39 is 0 Å². The van der Waals surface area contributed by atoms with Crippen molar-refractivity contribution in [2.75, 3.05) is 45.4 Å². The number of carbonyl (C=O) groups excluding carboxylic acids is 1. The summed E-state index contributed by atoms with van der Waals surface area (Å²) < 4.78 is 10.9. The van der Waals surface area contributed by atoms with Crippen molar-refractivity contribution >= 4 is 41.5 Å². The number of ether oxygens (including phenoxy) is 2. The molecule has 0 fully saturated rings. The molecule has 0 aromatic heterocycles. The molecule has 0 radical (unpaired) electrons. The van der Waals surface area contributed by atoms with Gasteiger partial charge in [0, 0.05) is 51.5 Å². The number of halogens is 1. The molecule has 8 heteroatoms. The number of rotatable bonds is 10. The van der Waals surface area contributed by atoms with Gasteiger partial charge in [0.1, 0.15) is 12.4 Å². The van der Waals surface area contributed by atoms with Gasteiger partial charge in [-0.1, -0.05) is 30.3 Å². The first-order valence-corrected chi connectivity index (χ1v) is 11.2. The van der Waals surface area contributed by atoms with Crippen molar-refractivity contribution in [3.05, 3.63) is 59.2 Å².